The molecule has 0 saturated carbocycles. The van der Waals surface area contributed by atoms with Crippen LogP contribution in [0.3, 0.4) is 0 Å². The maximum absolute atomic E-state index is 13.1. The number of anilines is 1. The highest BCUT2D eigenvalue weighted by Gasteiger charge is 2.14. The summed E-state index contributed by atoms with van der Waals surface area (Å²) in [6.07, 6.45) is 1.37. The number of nitrogens with zero attached hydrogens (tertiary/aromatic N) is 2. The van der Waals surface area contributed by atoms with Crippen molar-refractivity contribution >= 4 is 22.5 Å². The van der Waals surface area contributed by atoms with Crippen molar-refractivity contribution in [2.24, 2.45) is 5.73 Å². The topological polar surface area (TPSA) is 59.2 Å². The molecule has 1 aromatic carbocycles. The number of halogens is 1. The Morgan fingerprint density at radius 3 is 2.71 bits per heavy atom. The van der Waals surface area contributed by atoms with Crippen LogP contribution in [0.4, 0.5) is 10.1 Å². The second kappa shape index (κ2) is 4.01. The van der Waals surface area contributed by atoms with E-state index in [4.69, 9.17) is 5.73 Å². The third-order valence-electron chi connectivity index (χ3n) is 2.52. The van der Waals surface area contributed by atoms with E-state index in [9.17, 15) is 9.18 Å². The number of hydrogen-bond acceptors (Lipinski definition) is 3. The molecule has 0 unspecified atom stereocenters. The highest BCUT2D eigenvalue weighted by atomic mass is 19.1. The standard InChI is InChI=1S/C12H12FN3O/c1-16(2)11-8-4-3-7(13)5-10(8)15-6-9(11)12(14)17/h3-6H,1-2H3,(H2,14,17). The quantitative estimate of drug-likeness (QED) is 0.855. The van der Waals surface area contributed by atoms with E-state index in [0.29, 0.717) is 22.2 Å². The number of benzene rings is 1. The number of fused-ring (bicyclic) bond motifs is 1. The van der Waals surface area contributed by atoms with Crippen LogP contribution in [0.5, 0.6) is 0 Å². The highest BCUT2D eigenvalue weighted by molar-refractivity contribution is 6.06. The van der Waals surface area contributed by atoms with E-state index in [1.165, 1.54) is 18.3 Å². The van der Waals surface area contributed by atoms with Gasteiger partial charge in [-0.05, 0) is 12.1 Å². The molecule has 0 fully saturated rings. The van der Waals surface area contributed by atoms with Crippen molar-refractivity contribution in [1.82, 2.24) is 4.98 Å². The number of carbonyl (C=O) groups is 1. The summed E-state index contributed by atoms with van der Waals surface area (Å²) in [6.45, 7) is 0. The Kier molecular flexibility index (Phi) is 2.67. The van der Waals surface area contributed by atoms with Crippen molar-refractivity contribution in [3.8, 4) is 0 Å². The number of pyridine rings is 1. The van der Waals surface area contributed by atoms with Crippen LogP contribution in [-0.2, 0) is 0 Å². The first-order valence-corrected chi connectivity index (χ1v) is 5.06. The van der Waals surface area contributed by atoms with E-state index >= 15 is 0 Å². The minimum absolute atomic E-state index is 0.328. The van der Waals surface area contributed by atoms with Gasteiger partial charge in [-0.1, -0.05) is 0 Å². The second-order valence-electron chi connectivity index (χ2n) is 3.94. The van der Waals surface area contributed by atoms with Crippen LogP contribution in [0.15, 0.2) is 24.4 Å². The predicted octanol–water partition coefficient (Wildman–Crippen LogP) is 1.54. The van der Waals surface area contributed by atoms with Gasteiger partial charge in [0.2, 0.25) is 0 Å². The maximum atomic E-state index is 13.1. The number of hydrogen-bond donors (Lipinski definition) is 1. The maximum Gasteiger partial charge on any atom is 0.252 e. The molecule has 2 N–H and O–H groups in total. The van der Waals surface area contributed by atoms with Crippen LogP contribution in [0.2, 0.25) is 0 Å². The van der Waals surface area contributed by atoms with Crippen molar-refractivity contribution in [2.45, 2.75) is 0 Å². The summed E-state index contributed by atoms with van der Waals surface area (Å²) in [5, 5.41) is 0.702. The number of nitrogens with two attached hydrogens (primary N) is 1. The second-order valence-corrected chi connectivity index (χ2v) is 3.94. The molecule has 0 atom stereocenters. The summed E-state index contributed by atoms with van der Waals surface area (Å²) in [5.74, 6) is -0.908. The number of carbonyl (C=O) groups excluding carboxylic acids is 1. The fourth-order valence-corrected chi connectivity index (χ4v) is 1.81. The van der Waals surface area contributed by atoms with Crippen molar-refractivity contribution in [3.63, 3.8) is 0 Å². The van der Waals surface area contributed by atoms with Gasteiger partial charge in [-0.25, -0.2) is 4.39 Å². The fraction of sp³-hybridized carbons (Fsp3) is 0.167. The van der Waals surface area contributed by atoms with E-state index < -0.39 is 5.91 Å². The molecule has 2 aromatic rings. The molecule has 5 heteroatoms. The zero-order valence-electron chi connectivity index (χ0n) is 9.57. The van der Waals surface area contributed by atoms with Gasteiger partial charge >= 0.3 is 0 Å². The van der Waals surface area contributed by atoms with Crippen molar-refractivity contribution in [3.05, 3.63) is 35.8 Å². The van der Waals surface area contributed by atoms with Gasteiger partial charge in [-0.2, -0.15) is 0 Å². The van der Waals surface area contributed by atoms with Crippen molar-refractivity contribution in [2.75, 3.05) is 19.0 Å². The first-order chi connectivity index (χ1) is 8.00. The molecule has 1 aromatic heterocycles. The Bertz CT molecular complexity index is 596. The summed E-state index contributed by atoms with van der Waals surface area (Å²) < 4.78 is 13.1. The number of primary amides is 1. The van der Waals surface area contributed by atoms with E-state index in [0.717, 1.165) is 0 Å². The first kappa shape index (κ1) is 11.3. The predicted molar refractivity (Wildman–Crippen MR) is 64.5 cm³/mol. The molecular weight excluding hydrogens is 221 g/mol. The van der Waals surface area contributed by atoms with Crippen LogP contribution in [0.25, 0.3) is 10.9 Å². The minimum Gasteiger partial charge on any atom is -0.376 e. The number of rotatable bonds is 2. The van der Waals surface area contributed by atoms with Crippen LogP contribution < -0.4 is 10.6 Å². The Labute approximate surface area is 97.9 Å². The summed E-state index contributed by atoms with van der Waals surface area (Å²) in [7, 11) is 3.59. The van der Waals surface area contributed by atoms with E-state index in [1.54, 1.807) is 25.1 Å². The molecule has 17 heavy (non-hydrogen) atoms. The SMILES string of the molecule is CN(C)c1c(C(N)=O)cnc2cc(F)ccc12. The molecule has 2 rings (SSSR count). The molecule has 0 aliphatic carbocycles. The van der Waals surface area contributed by atoms with Gasteiger partial charge < -0.3 is 10.6 Å². The van der Waals surface area contributed by atoms with Crippen LogP contribution in [0.1, 0.15) is 10.4 Å². The van der Waals surface area contributed by atoms with Crippen LogP contribution >= 0.6 is 0 Å². The molecule has 1 amide bonds. The Hall–Kier alpha value is -2.17. The minimum atomic E-state index is -0.549. The lowest BCUT2D eigenvalue weighted by molar-refractivity contribution is 0.100. The Balaban J connectivity index is 2.84. The van der Waals surface area contributed by atoms with Gasteiger partial charge in [-0.3, -0.25) is 9.78 Å². The first-order valence-electron chi connectivity index (χ1n) is 5.06. The van der Waals surface area contributed by atoms with Crippen molar-refractivity contribution < 1.29 is 9.18 Å². The van der Waals surface area contributed by atoms with Gasteiger partial charge in [0.1, 0.15) is 5.82 Å². The molecular formula is C12H12FN3O. The lowest BCUT2D eigenvalue weighted by Crippen LogP contribution is -2.19. The number of aromatic nitrogens is 1. The van der Waals surface area contributed by atoms with Gasteiger partial charge in [-0.15, -0.1) is 0 Å². The molecule has 0 saturated heterocycles. The van der Waals surface area contributed by atoms with E-state index in [1.807, 2.05) is 0 Å². The molecule has 0 radical (unpaired) electrons. The van der Waals surface area contributed by atoms with Gasteiger partial charge in [0.15, 0.2) is 0 Å². The lowest BCUT2D eigenvalue weighted by atomic mass is 10.1. The highest BCUT2D eigenvalue weighted by Crippen LogP contribution is 2.28. The third-order valence-corrected chi connectivity index (χ3v) is 2.52. The van der Waals surface area contributed by atoms with Gasteiger partial charge in [0.25, 0.3) is 5.91 Å². The van der Waals surface area contributed by atoms with E-state index in [2.05, 4.69) is 4.98 Å². The molecule has 0 aliphatic heterocycles. The van der Waals surface area contributed by atoms with Crippen LogP contribution in [0, 0.1) is 5.82 Å². The molecule has 88 valence electrons. The van der Waals surface area contributed by atoms with Crippen LogP contribution in [-0.4, -0.2) is 25.0 Å². The summed E-state index contributed by atoms with van der Waals surface area (Å²) in [6, 6.07) is 4.26. The molecule has 0 bridgehead atoms. The molecule has 1 heterocycles. The largest absolute Gasteiger partial charge is 0.376 e. The fourth-order valence-electron chi connectivity index (χ4n) is 1.81. The molecule has 0 spiro atoms. The van der Waals surface area contributed by atoms with Gasteiger partial charge in [0.05, 0.1) is 16.8 Å². The molecule has 4 nitrogen and oxygen atoms in total. The molecule has 0 aliphatic rings. The zero-order valence-corrected chi connectivity index (χ0v) is 9.57. The summed E-state index contributed by atoms with van der Waals surface area (Å²) >= 11 is 0. The smallest absolute Gasteiger partial charge is 0.252 e. The summed E-state index contributed by atoms with van der Waals surface area (Å²) in [5.41, 5.74) is 6.78. The normalized spacial score (nSPS) is 10.5. The average molecular weight is 233 g/mol. The Morgan fingerprint density at radius 2 is 2.12 bits per heavy atom. The number of amides is 1. The monoisotopic (exact) mass is 233 g/mol. The third kappa shape index (κ3) is 1.91. The summed E-state index contributed by atoms with van der Waals surface area (Å²) in [4.78, 5) is 17.1. The average Bonchev–Trinajstić information content (AvgIpc) is 2.26. The Morgan fingerprint density at radius 1 is 1.41 bits per heavy atom. The van der Waals surface area contributed by atoms with E-state index in [-0.39, 0.29) is 5.82 Å². The lowest BCUT2D eigenvalue weighted by Gasteiger charge is -2.18. The zero-order chi connectivity index (χ0) is 12.6. The van der Waals surface area contributed by atoms with Gasteiger partial charge in [0, 0.05) is 31.7 Å². The van der Waals surface area contributed by atoms with Crippen molar-refractivity contribution in [1.29, 1.82) is 0 Å².